The number of rotatable bonds is 4. The summed E-state index contributed by atoms with van der Waals surface area (Å²) in [7, 11) is 0. The highest BCUT2D eigenvalue weighted by Gasteiger charge is 2.23. The minimum atomic E-state index is -0.0869. The minimum Gasteiger partial charge on any atom is -0.466 e. The summed E-state index contributed by atoms with van der Waals surface area (Å²) in [5, 5.41) is 2.16. The number of hydrogen-bond acceptors (Lipinski definition) is 4. The molecule has 0 aromatic carbocycles. The Kier molecular flexibility index (Phi) is 4.18. The van der Waals surface area contributed by atoms with E-state index in [0.29, 0.717) is 13.0 Å². The van der Waals surface area contributed by atoms with Crippen molar-refractivity contribution in [1.29, 1.82) is 0 Å². The number of ether oxygens (including phenoxy) is 1. The van der Waals surface area contributed by atoms with Crippen LogP contribution in [0.5, 0.6) is 0 Å². The summed E-state index contributed by atoms with van der Waals surface area (Å²) in [6.07, 6.45) is 1.60. The van der Waals surface area contributed by atoms with Crippen molar-refractivity contribution in [2.24, 2.45) is 0 Å². The molecule has 4 heteroatoms. The van der Waals surface area contributed by atoms with Crippen LogP contribution in [0.15, 0.2) is 11.4 Å². The first-order chi connectivity index (χ1) is 8.20. The van der Waals surface area contributed by atoms with Gasteiger partial charge >= 0.3 is 5.97 Å². The molecule has 1 aliphatic heterocycles. The summed E-state index contributed by atoms with van der Waals surface area (Å²) >= 11 is 1.84. The van der Waals surface area contributed by atoms with Crippen molar-refractivity contribution in [2.75, 3.05) is 13.2 Å². The second-order valence-corrected chi connectivity index (χ2v) is 5.45. The summed E-state index contributed by atoms with van der Waals surface area (Å²) in [6.45, 7) is 6.45. The van der Waals surface area contributed by atoms with E-state index in [9.17, 15) is 4.79 Å². The van der Waals surface area contributed by atoms with E-state index in [1.165, 1.54) is 10.4 Å². The maximum absolute atomic E-state index is 11.4. The second-order valence-electron chi connectivity index (χ2n) is 4.45. The van der Waals surface area contributed by atoms with Gasteiger partial charge in [-0.25, -0.2) is 0 Å². The van der Waals surface area contributed by atoms with E-state index >= 15 is 0 Å². The number of esters is 1. The average Bonchev–Trinajstić information content (AvgIpc) is 2.75. The third-order valence-electron chi connectivity index (χ3n) is 3.23. The summed E-state index contributed by atoms with van der Waals surface area (Å²) in [5.74, 6) is -0.0869. The molecule has 2 heterocycles. The Hall–Kier alpha value is -0.870. The van der Waals surface area contributed by atoms with Crippen molar-refractivity contribution in [3.8, 4) is 0 Å². The van der Waals surface area contributed by atoms with E-state index in [2.05, 4.69) is 23.3 Å². The first-order valence-electron chi connectivity index (χ1n) is 6.15. The molecule has 1 aromatic rings. The first kappa shape index (κ1) is 12.6. The molecule has 0 aliphatic carbocycles. The smallest absolute Gasteiger partial charge is 0.307 e. The summed E-state index contributed by atoms with van der Waals surface area (Å²) in [5.41, 5.74) is 1.43. The molecular weight excluding hydrogens is 234 g/mol. The van der Waals surface area contributed by atoms with Crippen LogP contribution in [0.3, 0.4) is 0 Å². The van der Waals surface area contributed by atoms with Gasteiger partial charge in [0, 0.05) is 24.0 Å². The molecule has 1 unspecified atom stereocenters. The zero-order valence-corrected chi connectivity index (χ0v) is 11.3. The van der Waals surface area contributed by atoms with Crippen molar-refractivity contribution >= 4 is 17.3 Å². The Morgan fingerprint density at radius 3 is 3.24 bits per heavy atom. The third-order valence-corrected chi connectivity index (χ3v) is 4.25. The molecule has 0 spiro atoms. The van der Waals surface area contributed by atoms with Crippen LogP contribution in [0.4, 0.5) is 0 Å². The number of nitrogens with zero attached hydrogens (tertiary/aromatic N) is 1. The summed E-state index contributed by atoms with van der Waals surface area (Å²) in [6, 6.07) is 2.46. The molecule has 2 rings (SSSR count). The Morgan fingerprint density at radius 1 is 1.65 bits per heavy atom. The van der Waals surface area contributed by atoms with E-state index < -0.39 is 0 Å². The fourth-order valence-corrected chi connectivity index (χ4v) is 3.13. The predicted octanol–water partition coefficient (Wildman–Crippen LogP) is 2.45. The molecule has 0 fully saturated rings. The number of carbonyl (C=O) groups excluding carboxylic acids is 1. The molecule has 1 atom stereocenters. The van der Waals surface area contributed by atoms with Gasteiger partial charge in [-0.15, -0.1) is 11.3 Å². The number of thiophene rings is 1. The Morgan fingerprint density at radius 2 is 2.47 bits per heavy atom. The molecule has 3 nitrogen and oxygen atoms in total. The number of hydrogen-bond donors (Lipinski definition) is 0. The molecule has 0 saturated heterocycles. The molecular formula is C13H19NO2S. The zero-order valence-electron chi connectivity index (χ0n) is 10.4. The van der Waals surface area contributed by atoms with Gasteiger partial charge in [-0.3, -0.25) is 9.69 Å². The van der Waals surface area contributed by atoms with Gasteiger partial charge in [-0.05, 0) is 37.3 Å². The Labute approximate surface area is 106 Å². The fraction of sp³-hybridized carbons (Fsp3) is 0.615. The fourth-order valence-electron chi connectivity index (χ4n) is 2.24. The van der Waals surface area contributed by atoms with Gasteiger partial charge in [0.1, 0.15) is 0 Å². The normalized spacial score (nSPS) is 17.5. The Bertz CT molecular complexity index is 389. The van der Waals surface area contributed by atoms with Crippen LogP contribution < -0.4 is 0 Å². The summed E-state index contributed by atoms with van der Waals surface area (Å²) in [4.78, 5) is 15.3. The highest BCUT2D eigenvalue weighted by atomic mass is 32.1. The van der Waals surface area contributed by atoms with Crippen LogP contribution in [0, 0.1) is 0 Å². The molecule has 1 aliphatic rings. The van der Waals surface area contributed by atoms with Gasteiger partial charge in [0.2, 0.25) is 0 Å². The van der Waals surface area contributed by atoms with Gasteiger partial charge in [0.25, 0.3) is 0 Å². The highest BCUT2D eigenvalue weighted by Crippen LogP contribution is 2.25. The van der Waals surface area contributed by atoms with Gasteiger partial charge < -0.3 is 4.74 Å². The van der Waals surface area contributed by atoms with Crippen LogP contribution in [0.25, 0.3) is 0 Å². The quantitative estimate of drug-likeness (QED) is 0.772. The van der Waals surface area contributed by atoms with Crippen LogP contribution in [-0.4, -0.2) is 30.1 Å². The van der Waals surface area contributed by atoms with Crippen molar-refractivity contribution in [2.45, 2.75) is 39.3 Å². The molecule has 0 bridgehead atoms. The van der Waals surface area contributed by atoms with Crippen molar-refractivity contribution in [3.63, 3.8) is 0 Å². The predicted molar refractivity (Wildman–Crippen MR) is 69.1 cm³/mol. The van der Waals surface area contributed by atoms with E-state index in [1.54, 1.807) is 0 Å². The van der Waals surface area contributed by atoms with Crippen LogP contribution in [0.2, 0.25) is 0 Å². The minimum absolute atomic E-state index is 0.0869. The van der Waals surface area contributed by atoms with Crippen LogP contribution in [-0.2, 0) is 22.5 Å². The molecule has 0 N–H and O–H groups in total. The molecule has 94 valence electrons. The molecule has 17 heavy (non-hydrogen) atoms. The van der Waals surface area contributed by atoms with Crippen molar-refractivity contribution in [3.05, 3.63) is 21.9 Å². The van der Waals surface area contributed by atoms with Crippen LogP contribution >= 0.6 is 11.3 Å². The first-order valence-corrected chi connectivity index (χ1v) is 7.03. The monoisotopic (exact) mass is 253 g/mol. The second kappa shape index (κ2) is 5.65. The van der Waals surface area contributed by atoms with E-state index in [1.807, 2.05) is 18.3 Å². The van der Waals surface area contributed by atoms with Gasteiger partial charge in [0.05, 0.1) is 13.0 Å². The van der Waals surface area contributed by atoms with Crippen molar-refractivity contribution < 1.29 is 9.53 Å². The zero-order chi connectivity index (χ0) is 12.3. The number of carbonyl (C=O) groups is 1. The van der Waals surface area contributed by atoms with Crippen LogP contribution in [0.1, 0.15) is 30.7 Å². The lowest BCUT2D eigenvalue weighted by molar-refractivity contribution is -0.144. The SMILES string of the molecule is CCOC(=O)CC(C)N1CCc2sccc2C1. The lowest BCUT2D eigenvalue weighted by Gasteiger charge is -2.31. The maximum atomic E-state index is 11.4. The Balaban J connectivity index is 1.89. The van der Waals surface area contributed by atoms with Gasteiger partial charge in [-0.2, -0.15) is 0 Å². The van der Waals surface area contributed by atoms with Gasteiger partial charge in [0.15, 0.2) is 0 Å². The third kappa shape index (κ3) is 3.07. The lowest BCUT2D eigenvalue weighted by atomic mass is 10.1. The highest BCUT2D eigenvalue weighted by molar-refractivity contribution is 7.10. The van der Waals surface area contributed by atoms with E-state index in [-0.39, 0.29) is 12.0 Å². The topological polar surface area (TPSA) is 29.5 Å². The molecule has 1 aromatic heterocycles. The van der Waals surface area contributed by atoms with E-state index in [4.69, 9.17) is 4.74 Å². The molecule has 0 saturated carbocycles. The number of fused-ring (bicyclic) bond motifs is 1. The maximum Gasteiger partial charge on any atom is 0.307 e. The summed E-state index contributed by atoms with van der Waals surface area (Å²) < 4.78 is 4.99. The van der Waals surface area contributed by atoms with Crippen molar-refractivity contribution in [1.82, 2.24) is 4.90 Å². The van der Waals surface area contributed by atoms with E-state index in [0.717, 1.165) is 19.5 Å². The lowest BCUT2D eigenvalue weighted by Crippen LogP contribution is -2.38. The molecule has 0 radical (unpaired) electrons. The van der Waals surface area contributed by atoms with Gasteiger partial charge in [-0.1, -0.05) is 0 Å². The standard InChI is InChI=1S/C13H19NO2S/c1-3-16-13(15)8-10(2)14-6-4-12-11(9-14)5-7-17-12/h5,7,10H,3-4,6,8-9H2,1-2H3. The average molecular weight is 253 g/mol. The molecule has 0 amide bonds. The largest absolute Gasteiger partial charge is 0.466 e.